The molecule has 1 N–H and O–H groups in total. The van der Waals surface area contributed by atoms with Crippen LogP contribution >= 0.6 is 11.6 Å². The van der Waals surface area contributed by atoms with E-state index in [9.17, 15) is 0 Å². The maximum absolute atomic E-state index is 6.04. The third kappa shape index (κ3) is 4.74. The summed E-state index contributed by atoms with van der Waals surface area (Å²) < 4.78 is 5.07. The number of ether oxygens (including phenoxy) is 1. The molecule has 0 heterocycles. The van der Waals surface area contributed by atoms with Crippen LogP contribution in [0, 0.1) is 0 Å². The van der Waals surface area contributed by atoms with Crippen LogP contribution in [0.2, 0.25) is 5.02 Å². The molecule has 0 atom stereocenters. The van der Waals surface area contributed by atoms with Gasteiger partial charge in [-0.05, 0) is 43.5 Å². The van der Waals surface area contributed by atoms with Crippen LogP contribution in [0.15, 0.2) is 24.3 Å². The van der Waals surface area contributed by atoms with E-state index in [4.69, 9.17) is 16.3 Å². The molecular formula is C16H25ClN2O. The highest BCUT2D eigenvalue weighted by molar-refractivity contribution is 6.30. The second-order valence-electron chi connectivity index (χ2n) is 5.67. The molecule has 112 valence electrons. The maximum Gasteiger partial charge on any atom is 0.0589 e. The number of rotatable bonds is 8. The van der Waals surface area contributed by atoms with Crippen LogP contribution in [0.25, 0.3) is 0 Å². The second kappa shape index (κ2) is 7.99. The number of benzene rings is 1. The van der Waals surface area contributed by atoms with Crippen molar-refractivity contribution in [3.63, 3.8) is 0 Å². The molecule has 4 heteroatoms. The second-order valence-corrected chi connectivity index (χ2v) is 6.11. The Kier molecular flexibility index (Phi) is 6.30. The molecule has 1 fully saturated rings. The largest absolute Gasteiger partial charge is 0.383 e. The Labute approximate surface area is 127 Å². The number of nitrogens with one attached hydrogen (secondary N) is 1. The summed E-state index contributed by atoms with van der Waals surface area (Å²) in [5.74, 6) is 0.678. The topological polar surface area (TPSA) is 24.5 Å². The van der Waals surface area contributed by atoms with Crippen LogP contribution in [-0.2, 0) is 4.74 Å². The minimum Gasteiger partial charge on any atom is -0.383 e. The molecule has 0 bridgehead atoms. The SMILES string of the molecule is COCCN(C)CCNC1CC(c2cccc(Cl)c2)C1. The van der Waals surface area contributed by atoms with Crippen LogP contribution in [0.5, 0.6) is 0 Å². The summed E-state index contributed by atoms with van der Waals surface area (Å²) in [6.45, 7) is 3.92. The number of nitrogens with zero attached hydrogens (tertiary/aromatic N) is 1. The quantitative estimate of drug-likeness (QED) is 0.798. The molecule has 0 spiro atoms. The van der Waals surface area contributed by atoms with Crippen molar-refractivity contribution in [2.24, 2.45) is 0 Å². The van der Waals surface area contributed by atoms with Gasteiger partial charge in [-0.3, -0.25) is 0 Å². The molecule has 0 aromatic heterocycles. The summed E-state index contributed by atoms with van der Waals surface area (Å²) in [5, 5.41) is 4.47. The van der Waals surface area contributed by atoms with Crippen molar-refractivity contribution in [3.05, 3.63) is 34.9 Å². The number of halogens is 1. The molecule has 1 saturated carbocycles. The Morgan fingerprint density at radius 3 is 2.85 bits per heavy atom. The average Bonchev–Trinajstić information content (AvgIpc) is 2.39. The first-order chi connectivity index (χ1) is 9.69. The smallest absolute Gasteiger partial charge is 0.0589 e. The number of methoxy groups -OCH3 is 1. The molecule has 0 unspecified atom stereocenters. The van der Waals surface area contributed by atoms with Gasteiger partial charge in [-0.15, -0.1) is 0 Å². The van der Waals surface area contributed by atoms with E-state index in [1.54, 1.807) is 7.11 Å². The molecule has 1 aliphatic carbocycles. The number of hydrogen-bond donors (Lipinski definition) is 1. The van der Waals surface area contributed by atoms with Gasteiger partial charge in [-0.25, -0.2) is 0 Å². The summed E-state index contributed by atoms with van der Waals surface area (Å²) in [5.41, 5.74) is 1.38. The number of likely N-dealkylation sites (N-methyl/N-ethyl adjacent to an activating group) is 1. The van der Waals surface area contributed by atoms with Gasteiger partial charge in [0.05, 0.1) is 6.61 Å². The van der Waals surface area contributed by atoms with Crippen molar-refractivity contribution >= 4 is 11.6 Å². The minimum atomic E-state index is 0.662. The Morgan fingerprint density at radius 1 is 1.35 bits per heavy atom. The molecule has 2 rings (SSSR count). The van der Waals surface area contributed by atoms with Crippen LogP contribution < -0.4 is 5.32 Å². The molecule has 0 saturated heterocycles. The summed E-state index contributed by atoms with van der Waals surface area (Å²) in [6, 6.07) is 8.93. The zero-order chi connectivity index (χ0) is 14.4. The highest BCUT2D eigenvalue weighted by Gasteiger charge is 2.29. The predicted molar refractivity (Wildman–Crippen MR) is 84.6 cm³/mol. The van der Waals surface area contributed by atoms with E-state index in [2.05, 4.69) is 29.4 Å². The van der Waals surface area contributed by atoms with E-state index in [1.807, 2.05) is 12.1 Å². The lowest BCUT2D eigenvalue weighted by Crippen LogP contribution is -2.43. The van der Waals surface area contributed by atoms with Crippen LogP contribution in [0.3, 0.4) is 0 Å². The van der Waals surface area contributed by atoms with Crippen molar-refractivity contribution < 1.29 is 4.74 Å². The first-order valence-electron chi connectivity index (χ1n) is 7.35. The predicted octanol–water partition coefficient (Wildman–Crippen LogP) is 2.75. The molecule has 3 nitrogen and oxygen atoms in total. The van der Waals surface area contributed by atoms with Gasteiger partial charge in [0.25, 0.3) is 0 Å². The first-order valence-corrected chi connectivity index (χ1v) is 7.73. The Hall–Kier alpha value is -0.610. The molecule has 0 aliphatic heterocycles. The van der Waals surface area contributed by atoms with Gasteiger partial charge in [-0.2, -0.15) is 0 Å². The van der Waals surface area contributed by atoms with E-state index in [1.165, 1.54) is 18.4 Å². The van der Waals surface area contributed by atoms with Gasteiger partial charge in [-0.1, -0.05) is 23.7 Å². The van der Waals surface area contributed by atoms with E-state index in [-0.39, 0.29) is 0 Å². The molecule has 1 aliphatic rings. The van der Waals surface area contributed by atoms with E-state index in [0.29, 0.717) is 12.0 Å². The zero-order valence-electron chi connectivity index (χ0n) is 12.4. The molecule has 0 radical (unpaired) electrons. The van der Waals surface area contributed by atoms with E-state index in [0.717, 1.165) is 31.3 Å². The van der Waals surface area contributed by atoms with Crippen LogP contribution in [0.1, 0.15) is 24.3 Å². The van der Waals surface area contributed by atoms with Crippen molar-refractivity contribution in [2.75, 3.05) is 40.4 Å². The lowest BCUT2D eigenvalue weighted by molar-refractivity contribution is 0.159. The Balaban J connectivity index is 1.60. The van der Waals surface area contributed by atoms with Crippen molar-refractivity contribution in [3.8, 4) is 0 Å². The van der Waals surface area contributed by atoms with Crippen molar-refractivity contribution in [1.29, 1.82) is 0 Å². The zero-order valence-corrected chi connectivity index (χ0v) is 13.2. The van der Waals surface area contributed by atoms with Crippen molar-refractivity contribution in [2.45, 2.75) is 24.8 Å². The standard InChI is InChI=1S/C16H25ClN2O/c1-19(8-9-20-2)7-6-18-16-11-14(12-16)13-4-3-5-15(17)10-13/h3-5,10,14,16,18H,6-9,11-12H2,1-2H3. The van der Waals surface area contributed by atoms with E-state index < -0.39 is 0 Å². The van der Waals surface area contributed by atoms with Gasteiger partial charge >= 0.3 is 0 Å². The minimum absolute atomic E-state index is 0.662. The van der Waals surface area contributed by atoms with Crippen molar-refractivity contribution in [1.82, 2.24) is 10.2 Å². The van der Waals surface area contributed by atoms with Gasteiger partial charge in [0.15, 0.2) is 0 Å². The fourth-order valence-electron chi connectivity index (χ4n) is 2.64. The van der Waals surface area contributed by atoms with Crippen LogP contribution in [-0.4, -0.2) is 51.3 Å². The molecule has 20 heavy (non-hydrogen) atoms. The fourth-order valence-corrected chi connectivity index (χ4v) is 2.83. The fraction of sp³-hybridized carbons (Fsp3) is 0.625. The number of hydrogen-bond acceptors (Lipinski definition) is 3. The lowest BCUT2D eigenvalue weighted by atomic mass is 9.76. The maximum atomic E-state index is 6.04. The van der Waals surface area contributed by atoms with Gasteiger partial charge < -0.3 is 15.0 Å². The summed E-state index contributed by atoms with van der Waals surface area (Å²) in [6.07, 6.45) is 2.45. The summed E-state index contributed by atoms with van der Waals surface area (Å²) in [7, 11) is 3.88. The summed E-state index contributed by atoms with van der Waals surface area (Å²) >= 11 is 6.04. The highest BCUT2D eigenvalue weighted by Crippen LogP contribution is 2.37. The van der Waals surface area contributed by atoms with Crippen LogP contribution in [0.4, 0.5) is 0 Å². The molecular weight excluding hydrogens is 272 g/mol. The monoisotopic (exact) mass is 296 g/mol. The molecule has 0 amide bonds. The van der Waals surface area contributed by atoms with Gasteiger partial charge in [0, 0.05) is 37.8 Å². The highest BCUT2D eigenvalue weighted by atomic mass is 35.5. The van der Waals surface area contributed by atoms with Gasteiger partial charge in [0.1, 0.15) is 0 Å². The van der Waals surface area contributed by atoms with Gasteiger partial charge in [0.2, 0.25) is 0 Å². The molecule has 1 aromatic carbocycles. The normalized spacial score (nSPS) is 22.0. The Bertz CT molecular complexity index is 407. The average molecular weight is 297 g/mol. The summed E-state index contributed by atoms with van der Waals surface area (Å²) in [4.78, 5) is 2.30. The first kappa shape index (κ1) is 15.8. The molecule has 1 aromatic rings. The van der Waals surface area contributed by atoms with E-state index >= 15 is 0 Å². The third-order valence-corrected chi connectivity index (χ3v) is 4.30. The Morgan fingerprint density at radius 2 is 2.15 bits per heavy atom. The third-order valence-electron chi connectivity index (χ3n) is 4.06. The lowest BCUT2D eigenvalue weighted by Gasteiger charge is -2.37.